The molecule has 0 heterocycles. The van der Waals surface area contributed by atoms with Crippen LogP contribution in [0.3, 0.4) is 0 Å². The zero-order chi connectivity index (χ0) is 10.7. The molecule has 0 radical (unpaired) electrons. The molecule has 0 rings (SSSR count). The molecule has 2 nitrogen and oxygen atoms in total. The minimum Gasteiger partial charge on any atom is -0.469 e. The van der Waals surface area contributed by atoms with Crippen molar-refractivity contribution in [3.05, 3.63) is 0 Å². The van der Waals surface area contributed by atoms with Crippen LogP contribution in [0.4, 0.5) is 0 Å². The molecule has 0 unspecified atom stereocenters. The largest absolute Gasteiger partial charge is 0.469 e. The summed E-state index contributed by atoms with van der Waals surface area (Å²) in [6.45, 7) is 1.55. The number of ether oxygens (including phenoxy) is 1. The van der Waals surface area contributed by atoms with E-state index in [0.29, 0.717) is 0 Å². The van der Waals surface area contributed by atoms with E-state index in [1.807, 2.05) is 0 Å². The fourth-order valence-corrected chi connectivity index (χ4v) is 2.28. The average Bonchev–Trinajstić information content (AvgIpc) is 1.80. The lowest BCUT2D eigenvalue weighted by Crippen LogP contribution is -2.26. The Bertz CT molecular complexity index is 185. The Labute approximate surface area is 97.4 Å². The molecular weight excluding hydrogens is 258 g/mol. The first kappa shape index (κ1) is 13.6. The average molecular weight is 268 g/mol. The number of methoxy groups -OCH3 is 1. The number of carbonyl (C=O) groups excluding carboxylic acids is 1. The summed E-state index contributed by atoms with van der Waals surface area (Å²) in [5.74, 6) is -0.498. The van der Waals surface area contributed by atoms with E-state index in [1.54, 1.807) is 6.92 Å². The summed E-state index contributed by atoms with van der Waals surface area (Å²) in [7, 11) is 1.26. The molecule has 0 aliphatic rings. The van der Waals surface area contributed by atoms with Gasteiger partial charge in [0.15, 0.2) is 0 Å². The van der Waals surface area contributed by atoms with Gasteiger partial charge in [0.1, 0.15) is 8.67 Å². The van der Waals surface area contributed by atoms with Crippen LogP contribution < -0.4 is 0 Å². The molecule has 0 aliphatic heterocycles. The molecule has 0 saturated carbocycles. The van der Waals surface area contributed by atoms with Crippen molar-refractivity contribution in [2.45, 2.75) is 28.4 Å². The van der Waals surface area contributed by atoms with Crippen LogP contribution in [0.15, 0.2) is 0 Å². The summed E-state index contributed by atoms with van der Waals surface area (Å²) in [5, 5.41) is 0. The van der Waals surface area contributed by atoms with Gasteiger partial charge >= 0.3 is 5.97 Å². The Morgan fingerprint density at radius 3 is 2.08 bits per heavy atom. The standard InChI is InChI=1S/C7H10Cl4O2/c1-6(8,9)4-7(10,11)3-5(12)13-2/h3-4H2,1-2H3. The SMILES string of the molecule is COC(=O)CC(Cl)(Cl)CC(C)(Cl)Cl. The van der Waals surface area contributed by atoms with Gasteiger partial charge in [-0.3, -0.25) is 4.79 Å². The minimum atomic E-state index is -1.29. The Morgan fingerprint density at radius 1 is 1.31 bits per heavy atom. The van der Waals surface area contributed by atoms with Crippen molar-refractivity contribution in [1.82, 2.24) is 0 Å². The van der Waals surface area contributed by atoms with Crippen molar-refractivity contribution in [3.8, 4) is 0 Å². The van der Waals surface area contributed by atoms with E-state index in [4.69, 9.17) is 46.4 Å². The molecule has 0 saturated heterocycles. The topological polar surface area (TPSA) is 26.3 Å². The van der Waals surface area contributed by atoms with Gasteiger partial charge in [-0.25, -0.2) is 0 Å². The first-order valence-corrected chi connectivity index (χ1v) is 5.00. The summed E-state index contributed by atoms with van der Waals surface area (Å²) in [5.41, 5.74) is 0. The highest BCUT2D eigenvalue weighted by atomic mass is 35.5. The number of rotatable bonds is 4. The van der Waals surface area contributed by atoms with Gasteiger partial charge in [0, 0.05) is 6.42 Å². The second-order valence-corrected chi connectivity index (χ2v) is 6.36. The van der Waals surface area contributed by atoms with E-state index in [2.05, 4.69) is 4.74 Å². The van der Waals surface area contributed by atoms with E-state index >= 15 is 0 Å². The van der Waals surface area contributed by atoms with Crippen LogP contribution in [-0.4, -0.2) is 21.7 Å². The summed E-state index contributed by atoms with van der Waals surface area (Å²) >= 11 is 23.0. The van der Waals surface area contributed by atoms with Crippen LogP contribution in [-0.2, 0) is 9.53 Å². The predicted molar refractivity (Wildman–Crippen MR) is 55.8 cm³/mol. The zero-order valence-electron chi connectivity index (χ0n) is 7.24. The molecule has 0 aromatic heterocycles. The Kier molecular flexibility index (Phi) is 5.16. The summed E-state index contributed by atoms with van der Waals surface area (Å²) in [4.78, 5) is 10.8. The third kappa shape index (κ3) is 7.68. The van der Waals surface area contributed by atoms with Crippen molar-refractivity contribution < 1.29 is 9.53 Å². The third-order valence-corrected chi connectivity index (χ3v) is 2.00. The van der Waals surface area contributed by atoms with E-state index in [9.17, 15) is 4.79 Å². The molecule has 78 valence electrons. The maximum atomic E-state index is 10.8. The van der Waals surface area contributed by atoms with Crippen LogP contribution in [0.5, 0.6) is 0 Å². The Hall–Kier alpha value is 0.630. The zero-order valence-corrected chi connectivity index (χ0v) is 10.3. The molecular formula is C7H10Cl4O2. The summed E-state index contributed by atoms with van der Waals surface area (Å²) in [6, 6.07) is 0. The van der Waals surface area contributed by atoms with Crippen molar-refractivity contribution >= 4 is 52.4 Å². The molecule has 0 aromatic rings. The van der Waals surface area contributed by atoms with E-state index in [-0.39, 0.29) is 12.8 Å². The lowest BCUT2D eigenvalue weighted by Gasteiger charge is -2.23. The second kappa shape index (κ2) is 4.92. The van der Waals surface area contributed by atoms with Gasteiger partial charge < -0.3 is 4.74 Å². The molecule has 0 fully saturated rings. The van der Waals surface area contributed by atoms with E-state index < -0.39 is 14.6 Å². The smallest absolute Gasteiger partial charge is 0.308 e. The number of hydrogen-bond acceptors (Lipinski definition) is 2. The Balaban J connectivity index is 4.16. The van der Waals surface area contributed by atoms with Gasteiger partial charge in [-0.05, 0) is 6.92 Å². The minimum absolute atomic E-state index is 0.0846. The quantitative estimate of drug-likeness (QED) is 0.577. The molecule has 0 spiro atoms. The normalized spacial score (nSPS) is 12.8. The van der Waals surface area contributed by atoms with Crippen LogP contribution >= 0.6 is 46.4 Å². The molecule has 13 heavy (non-hydrogen) atoms. The second-order valence-electron chi connectivity index (χ2n) is 2.86. The van der Waals surface area contributed by atoms with E-state index in [1.165, 1.54) is 7.11 Å². The number of hydrogen-bond donors (Lipinski definition) is 0. The third-order valence-electron chi connectivity index (χ3n) is 1.20. The number of carbonyl (C=O) groups is 1. The van der Waals surface area contributed by atoms with Crippen molar-refractivity contribution in [1.29, 1.82) is 0 Å². The highest BCUT2D eigenvalue weighted by Crippen LogP contribution is 2.39. The van der Waals surface area contributed by atoms with Crippen LogP contribution in [0.25, 0.3) is 0 Å². The first-order chi connectivity index (χ1) is 5.66. The fraction of sp³-hybridized carbons (Fsp3) is 0.857. The van der Waals surface area contributed by atoms with Crippen LogP contribution in [0.1, 0.15) is 19.8 Å². The highest BCUT2D eigenvalue weighted by Gasteiger charge is 2.35. The maximum Gasteiger partial charge on any atom is 0.308 e. The molecule has 0 amide bonds. The number of alkyl halides is 4. The number of halogens is 4. The van der Waals surface area contributed by atoms with Gasteiger partial charge in [0.25, 0.3) is 0 Å². The molecule has 6 heteroatoms. The van der Waals surface area contributed by atoms with Gasteiger partial charge in [-0.1, -0.05) is 0 Å². The van der Waals surface area contributed by atoms with Crippen molar-refractivity contribution in [2.75, 3.05) is 7.11 Å². The molecule has 0 aromatic carbocycles. The van der Waals surface area contributed by atoms with Gasteiger partial charge in [0.2, 0.25) is 0 Å². The van der Waals surface area contributed by atoms with Crippen molar-refractivity contribution in [2.24, 2.45) is 0 Å². The number of esters is 1. The monoisotopic (exact) mass is 266 g/mol. The van der Waals surface area contributed by atoms with Gasteiger partial charge in [-0.15, -0.1) is 46.4 Å². The molecule has 0 atom stereocenters. The highest BCUT2D eigenvalue weighted by molar-refractivity contribution is 6.52. The summed E-state index contributed by atoms with van der Waals surface area (Å²) in [6.07, 6.45) is -0.0526. The summed E-state index contributed by atoms with van der Waals surface area (Å²) < 4.78 is 2.06. The van der Waals surface area contributed by atoms with Crippen LogP contribution in [0, 0.1) is 0 Å². The fourth-order valence-electron chi connectivity index (χ4n) is 0.800. The lowest BCUT2D eigenvalue weighted by molar-refractivity contribution is -0.140. The van der Waals surface area contributed by atoms with Gasteiger partial charge in [-0.2, -0.15) is 0 Å². The first-order valence-electron chi connectivity index (χ1n) is 3.49. The molecule has 0 aliphatic carbocycles. The van der Waals surface area contributed by atoms with Crippen molar-refractivity contribution in [3.63, 3.8) is 0 Å². The predicted octanol–water partition coefficient (Wildman–Crippen LogP) is 3.31. The maximum absolute atomic E-state index is 10.8. The van der Waals surface area contributed by atoms with Crippen LogP contribution in [0.2, 0.25) is 0 Å². The molecule has 0 N–H and O–H groups in total. The van der Waals surface area contributed by atoms with E-state index in [0.717, 1.165) is 0 Å². The molecule has 0 bridgehead atoms. The lowest BCUT2D eigenvalue weighted by atomic mass is 10.2. The Morgan fingerprint density at radius 2 is 1.77 bits per heavy atom. The van der Waals surface area contributed by atoms with Gasteiger partial charge in [0.05, 0.1) is 13.5 Å².